The van der Waals surface area contributed by atoms with Crippen molar-refractivity contribution in [3.8, 4) is 0 Å². The van der Waals surface area contributed by atoms with Crippen LogP contribution >= 0.6 is 15.9 Å². The molecular formula is C18H27BrN2. The minimum absolute atomic E-state index is 0.415. The molecule has 0 heterocycles. The minimum atomic E-state index is 0.415. The lowest BCUT2D eigenvalue weighted by atomic mass is 10.0. The van der Waals surface area contributed by atoms with Gasteiger partial charge in [0.25, 0.3) is 0 Å². The molecule has 0 radical (unpaired) electrons. The molecule has 1 unspecified atom stereocenters. The monoisotopic (exact) mass is 350 g/mol. The molecule has 2 nitrogen and oxygen atoms in total. The molecule has 2 aliphatic carbocycles. The van der Waals surface area contributed by atoms with Gasteiger partial charge < -0.3 is 10.2 Å². The number of halogens is 1. The highest BCUT2D eigenvalue weighted by molar-refractivity contribution is 9.10. The van der Waals surface area contributed by atoms with E-state index in [4.69, 9.17) is 0 Å². The predicted octanol–water partition coefficient (Wildman–Crippen LogP) is 4.89. The van der Waals surface area contributed by atoms with Crippen LogP contribution in [0.2, 0.25) is 0 Å². The maximum Gasteiger partial charge on any atom is 0.0418 e. The van der Waals surface area contributed by atoms with Crippen LogP contribution in [0.4, 0.5) is 5.69 Å². The van der Waals surface area contributed by atoms with E-state index in [9.17, 15) is 0 Å². The summed E-state index contributed by atoms with van der Waals surface area (Å²) in [4.78, 5) is 2.70. The SMILES string of the molecule is CCCNC(C)c1cc(Br)ccc1N(CC1CC1)C1CC1. The number of nitrogens with one attached hydrogen (secondary N) is 1. The third-order valence-electron chi connectivity index (χ3n) is 4.61. The Labute approximate surface area is 137 Å². The first-order valence-corrected chi connectivity index (χ1v) is 9.27. The van der Waals surface area contributed by atoms with E-state index in [1.54, 1.807) is 0 Å². The molecule has 21 heavy (non-hydrogen) atoms. The van der Waals surface area contributed by atoms with Crippen molar-refractivity contribution in [1.82, 2.24) is 5.32 Å². The van der Waals surface area contributed by atoms with Gasteiger partial charge in [-0.1, -0.05) is 22.9 Å². The van der Waals surface area contributed by atoms with Gasteiger partial charge in [0.1, 0.15) is 0 Å². The Bertz CT molecular complexity index is 480. The van der Waals surface area contributed by atoms with E-state index >= 15 is 0 Å². The van der Waals surface area contributed by atoms with Crippen molar-refractivity contribution in [2.24, 2.45) is 5.92 Å². The van der Waals surface area contributed by atoms with E-state index in [1.165, 1.54) is 54.4 Å². The Morgan fingerprint density at radius 2 is 2.05 bits per heavy atom. The van der Waals surface area contributed by atoms with Crippen LogP contribution in [0.1, 0.15) is 57.6 Å². The van der Waals surface area contributed by atoms with Crippen molar-refractivity contribution >= 4 is 21.6 Å². The van der Waals surface area contributed by atoms with Crippen LogP contribution in [0.25, 0.3) is 0 Å². The van der Waals surface area contributed by atoms with Crippen LogP contribution in [0.3, 0.4) is 0 Å². The van der Waals surface area contributed by atoms with Gasteiger partial charge in [-0.25, -0.2) is 0 Å². The van der Waals surface area contributed by atoms with Gasteiger partial charge in [-0.05, 0) is 75.3 Å². The van der Waals surface area contributed by atoms with Gasteiger partial charge in [0.15, 0.2) is 0 Å². The van der Waals surface area contributed by atoms with E-state index in [0.717, 1.165) is 18.5 Å². The fourth-order valence-electron chi connectivity index (χ4n) is 3.01. The lowest BCUT2D eigenvalue weighted by Gasteiger charge is -2.29. The number of hydrogen-bond donors (Lipinski definition) is 1. The second-order valence-electron chi connectivity index (χ2n) is 6.71. The highest BCUT2D eigenvalue weighted by atomic mass is 79.9. The molecule has 1 aromatic carbocycles. The number of hydrogen-bond acceptors (Lipinski definition) is 2. The number of nitrogens with zero attached hydrogens (tertiary/aromatic N) is 1. The van der Waals surface area contributed by atoms with Crippen LogP contribution in [-0.4, -0.2) is 19.1 Å². The number of benzene rings is 1. The molecule has 3 heteroatoms. The maximum absolute atomic E-state index is 3.65. The van der Waals surface area contributed by atoms with Crippen molar-refractivity contribution in [3.05, 3.63) is 28.2 Å². The van der Waals surface area contributed by atoms with Crippen LogP contribution in [-0.2, 0) is 0 Å². The molecular weight excluding hydrogens is 324 g/mol. The van der Waals surface area contributed by atoms with Gasteiger partial charge in [-0.15, -0.1) is 0 Å². The van der Waals surface area contributed by atoms with Gasteiger partial charge in [0.05, 0.1) is 0 Å². The summed E-state index contributed by atoms with van der Waals surface area (Å²) in [5, 5.41) is 3.65. The lowest BCUT2D eigenvalue weighted by Crippen LogP contribution is -2.30. The highest BCUT2D eigenvalue weighted by Gasteiger charge is 2.35. The molecule has 2 saturated carbocycles. The normalized spacial score (nSPS) is 19.6. The highest BCUT2D eigenvalue weighted by Crippen LogP contribution is 2.40. The molecule has 0 spiro atoms. The molecule has 0 amide bonds. The van der Waals surface area contributed by atoms with Gasteiger partial charge in [-0.2, -0.15) is 0 Å². The fourth-order valence-corrected chi connectivity index (χ4v) is 3.39. The van der Waals surface area contributed by atoms with Gasteiger partial charge in [-0.3, -0.25) is 0 Å². The lowest BCUT2D eigenvalue weighted by molar-refractivity contribution is 0.567. The van der Waals surface area contributed by atoms with E-state index in [0.29, 0.717) is 6.04 Å². The van der Waals surface area contributed by atoms with Crippen LogP contribution in [0.5, 0.6) is 0 Å². The average Bonchev–Trinajstić information content (AvgIpc) is 3.36. The second-order valence-corrected chi connectivity index (χ2v) is 7.62. The first-order valence-electron chi connectivity index (χ1n) is 8.48. The molecule has 0 saturated heterocycles. The third kappa shape index (κ3) is 4.01. The van der Waals surface area contributed by atoms with Gasteiger partial charge in [0, 0.05) is 28.8 Å². The summed E-state index contributed by atoms with van der Waals surface area (Å²) >= 11 is 3.65. The predicted molar refractivity (Wildman–Crippen MR) is 93.9 cm³/mol. The zero-order chi connectivity index (χ0) is 14.8. The molecule has 3 rings (SSSR count). The second kappa shape index (κ2) is 6.70. The topological polar surface area (TPSA) is 15.3 Å². The summed E-state index contributed by atoms with van der Waals surface area (Å²) in [7, 11) is 0. The molecule has 1 atom stereocenters. The third-order valence-corrected chi connectivity index (χ3v) is 5.10. The first-order chi connectivity index (χ1) is 10.2. The molecule has 1 aromatic rings. The first kappa shape index (κ1) is 15.4. The van der Waals surface area contributed by atoms with E-state index < -0.39 is 0 Å². The molecule has 0 aliphatic heterocycles. The Morgan fingerprint density at radius 1 is 1.29 bits per heavy atom. The largest absolute Gasteiger partial charge is 0.368 e. The Morgan fingerprint density at radius 3 is 2.67 bits per heavy atom. The van der Waals surface area contributed by atoms with Crippen LogP contribution in [0.15, 0.2) is 22.7 Å². The molecule has 2 aliphatic rings. The fraction of sp³-hybridized carbons (Fsp3) is 0.667. The molecule has 1 N–H and O–H groups in total. The van der Waals surface area contributed by atoms with E-state index in [1.807, 2.05) is 0 Å². The van der Waals surface area contributed by atoms with Crippen molar-refractivity contribution < 1.29 is 0 Å². The Balaban J connectivity index is 1.84. The van der Waals surface area contributed by atoms with Crippen molar-refractivity contribution in [2.75, 3.05) is 18.0 Å². The molecule has 116 valence electrons. The smallest absolute Gasteiger partial charge is 0.0418 e. The quantitative estimate of drug-likeness (QED) is 0.717. The summed E-state index contributed by atoms with van der Waals surface area (Å²) < 4.78 is 1.19. The van der Waals surface area contributed by atoms with Crippen molar-refractivity contribution in [3.63, 3.8) is 0 Å². The summed E-state index contributed by atoms with van der Waals surface area (Å²) in [5.41, 5.74) is 2.91. The van der Waals surface area contributed by atoms with Crippen molar-refractivity contribution in [1.29, 1.82) is 0 Å². The molecule has 0 bridgehead atoms. The number of anilines is 1. The average molecular weight is 351 g/mol. The molecule has 2 fully saturated rings. The zero-order valence-corrected chi connectivity index (χ0v) is 14.8. The van der Waals surface area contributed by atoms with Gasteiger partial charge >= 0.3 is 0 Å². The minimum Gasteiger partial charge on any atom is -0.368 e. The van der Waals surface area contributed by atoms with Crippen LogP contribution < -0.4 is 10.2 Å². The van der Waals surface area contributed by atoms with Crippen LogP contribution in [0, 0.1) is 5.92 Å². The van der Waals surface area contributed by atoms with E-state index in [-0.39, 0.29) is 0 Å². The summed E-state index contributed by atoms with van der Waals surface area (Å²) in [5.74, 6) is 0.945. The Kier molecular flexibility index (Phi) is 4.90. The van der Waals surface area contributed by atoms with E-state index in [2.05, 4.69) is 58.2 Å². The molecule has 0 aromatic heterocycles. The Hall–Kier alpha value is -0.540. The van der Waals surface area contributed by atoms with Crippen molar-refractivity contribution in [2.45, 2.75) is 58.0 Å². The summed E-state index contributed by atoms with van der Waals surface area (Å²) in [6, 6.07) is 8.05. The maximum atomic E-state index is 3.65. The summed E-state index contributed by atoms with van der Waals surface area (Å²) in [6.45, 7) is 6.87. The summed E-state index contributed by atoms with van der Waals surface area (Å²) in [6.07, 6.45) is 6.79. The number of rotatable bonds is 8. The van der Waals surface area contributed by atoms with Gasteiger partial charge in [0.2, 0.25) is 0 Å². The zero-order valence-electron chi connectivity index (χ0n) is 13.2. The standard InChI is InChI=1S/C18H27BrN2/c1-3-10-20-13(2)17-11-15(19)6-9-18(17)21(16-7-8-16)12-14-4-5-14/h6,9,11,13-14,16,20H,3-5,7-8,10,12H2,1-2H3.